The van der Waals surface area contributed by atoms with Gasteiger partial charge in [-0.05, 0) is 43.6 Å². The Hall–Kier alpha value is -1.02. The standard InChI is InChI=1S/C15H18O2/c16-13-9-15(10-5-6-10,11-7-8-11)17-14-4-2-1-3-12(13)14/h1-4,10-11,13,16H,5-9H2/t13-/m0/s1. The Labute approximate surface area is 102 Å². The lowest BCUT2D eigenvalue weighted by Crippen LogP contribution is -2.45. The molecular weight excluding hydrogens is 212 g/mol. The molecule has 17 heavy (non-hydrogen) atoms. The summed E-state index contributed by atoms with van der Waals surface area (Å²) in [5.74, 6) is 2.31. The van der Waals surface area contributed by atoms with Crippen LogP contribution in [0.2, 0.25) is 0 Å². The van der Waals surface area contributed by atoms with Crippen molar-refractivity contribution in [2.45, 2.75) is 43.8 Å². The molecule has 4 rings (SSSR count). The van der Waals surface area contributed by atoms with Gasteiger partial charge in [0.15, 0.2) is 0 Å². The summed E-state index contributed by atoms with van der Waals surface area (Å²) in [7, 11) is 0. The van der Waals surface area contributed by atoms with Crippen LogP contribution in [0.4, 0.5) is 0 Å². The third-order valence-electron chi connectivity index (χ3n) is 4.63. The second-order valence-electron chi connectivity index (χ2n) is 5.86. The Bertz CT molecular complexity index is 434. The minimum absolute atomic E-state index is 0.0340. The summed E-state index contributed by atoms with van der Waals surface area (Å²) in [4.78, 5) is 0. The van der Waals surface area contributed by atoms with Crippen molar-refractivity contribution in [3.8, 4) is 5.75 Å². The number of rotatable bonds is 2. The van der Waals surface area contributed by atoms with Gasteiger partial charge in [0.2, 0.25) is 0 Å². The van der Waals surface area contributed by atoms with Crippen molar-refractivity contribution >= 4 is 0 Å². The van der Waals surface area contributed by atoms with Crippen molar-refractivity contribution in [2.24, 2.45) is 11.8 Å². The number of aliphatic hydroxyl groups excluding tert-OH is 1. The first-order valence-corrected chi connectivity index (χ1v) is 6.75. The molecule has 1 atom stereocenters. The second kappa shape index (κ2) is 3.26. The third kappa shape index (κ3) is 1.43. The van der Waals surface area contributed by atoms with Crippen molar-refractivity contribution in [3.05, 3.63) is 29.8 Å². The molecule has 1 heterocycles. The predicted octanol–water partition coefficient (Wildman–Crippen LogP) is 3.06. The van der Waals surface area contributed by atoms with Crippen molar-refractivity contribution in [1.29, 1.82) is 0 Å². The molecule has 90 valence electrons. The summed E-state index contributed by atoms with van der Waals surface area (Å²) in [6, 6.07) is 7.98. The van der Waals surface area contributed by atoms with E-state index in [4.69, 9.17) is 4.74 Å². The molecule has 0 aromatic heterocycles. The summed E-state index contributed by atoms with van der Waals surface area (Å²) in [5.41, 5.74) is 0.942. The first-order chi connectivity index (χ1) is 8.29. The monoisotopic (exact) mass is 230 g/mol. The van der Waals surface area contributed by atoms with Gasteiger partial charge in [-0.15, -0.1) is 0 Å². The highest BCUT2D eigenvalue weighted by atomic mass is 16.5. The van der Waals surface area contributed by atoms with Crippen LogP contribution in [-0.2, 0) is 0 Å². The Morgan fingerprint density at radius 2 is 1.71 bits per heavy atom. The molecule has 2 fully saturated rings. The highest BCUT2D eigenvalue weighted by Crippen LogP contribution is 2.59. The lowest BCUT2D eigenvalue weighted by molar-refractivity contribution is -0.0461. The molecule has 0 bridgehead atoms. The molecule has 0 saturated heterocycles. The zero-order chi connectivity index (χ0) is 11.5. The fourth-order valence-electron chi connectivity index (χ4n) is 3.48. The van der Waals surface area contributed by atoms with Crippen molar-refractivity contribution < 1.29 is 9.84 Å². The van der Waals surface area contributed by atoms with Crippen molar-refractivity contribution in [1.82, 2.24) is 0 Å². The van der Waals surface area contributed by atoms with E-state index in [1.807, 2.05) is 24.3 Å². The van der Waals surface area contributed by atoms with Gasteiger partial charge in [0.05, 0.1) is 6.10 Å². The van der Waals surface area contributed by atoms with E-state index >= 15 is 0 Å². The lowest BCUT2D eigenvalue weighted by Gasteiger charge is -2.41. The molecule has 0 spiro atoms. The van der Waals surface area contributed by atoms with Crippen LogP contribution >= 0.6 is 0 Å². The molecule has 1 aliphatic heterocycles. The number of aliphatic hydroxyl groups is 1. The minimum atomic E-state index is -0.332. The SMILES string of the molecule is O[C@H]1CC(C2CC2)(C2CC2)Oc2ccccc21. The second-order valence-corrected chi connectivity index (χ2v) is 5.86. The molecule has 1 aromatic carbocycles. The lowest BCUT2D eigenvalue weighted by atomic mass is 9.81. The maximum atomic E-state index is 10.4. The number of para-hydroxylation sites is 1. The van der Waals surface area contributed by atoms with Gasteiger partial charge in [0.1, 0.15) is 11.4 Å². The zero-order valence-corrected chi connectivity index (χ0v) is 9.93. The topological polar surface area (TPSA) is 29.5 Å². The predicted molar refractivity (Wildman–Crippen MR) is 64.8 cm³/mol. The number of hydrogen-bond donors (Lipinski definition) is 1. The molecule has 3 aliphatic rings. The Morgan fingerprint density at radius 3 is 2.35 bits per heavy atom. The molecule has 1 aromatic rings. The molecule has 2 saturated carbocycles. The number of benzene rings is 1. The number of hydrogen-bond acceptors (Lipinski definition) is 2. The Kier molecular flexibility index (Phi) is 1.91. The molecule has 2 heteroatoms. The quantitative estimate of drug-likeness (QED) is 0.846. The van der Waals surface area contributed by atoms with Gasteiger partial charge in [0, 0.05) is 12.0 Å². The number of fused-ring (bicyclic) bond motifs is 1. The Morgan fingerprint density at radius 1 is 1.06 bits per heavy atom. The van der Waals surface area contributed by atoms with E-state index in [0.29, 0.717) is 11.8 Å². The van der Waals surface area contributed by atoms with Crippen LogP contribution in [0.25, 0.3) is 0 Å². The van der Waals surface area contributed by atoms with E-state index in [2.05, 4.69) is 0 Å². The molecular formula is C15H18O2. The summed E-state index contributed by atoms with van der Waals surface area (Å²) < 4.78 is 6.38. The molecule has 0 amide bonds. The molecule has 1 N–H and O–H groups in total. The molecule has 0 radical (unpaired) electrons. The molecule has 2 aliphatic carbocycles. The fourth-order valence-corrected chi connectivity index (χ4v) is 3.48. The highest BCUT2D eigenvalue weighted by molar-refractivity contribution is 5.39. The third-order valence-corrected chi connectivity index (χ3v) is 4.63. The van der Waals surface area contributed by atoms with E-state index in [-0.39, 0.29) is 11.7 Å². The highest BCUT2D eigenvalue weighted by Gasteiger charge is 2.58. The van der Waals surface area contributed by atoms with Crippen LogP contribution in [-0.4, -0.2) is 10.7 Å². The van der Waals surface area contributed by atoms with E-state index in [1.165, 1.54) is 25.7 Å². The zero-order valence-electron chi connectivity index (χ0n) is 9.93. The van der Waals surface area contributed by atoms with Gasteiger partial charge in [-0.25, -0.2) is 0 Å². The maximum Gasteiger partial charge on any atom is 0.125 e. The maximum absolute atomic E-state index is 10.4. The average molecular weight is 230 g/mol. The first kappa shape index (κ1) is 9.95. The van der Waals surface area contributed by atoms with E-state index in [0.717, 1.165) is 17.7 Å². The van der Waals surface area contributed by atoms with Gasteiger partial charge in [-0.1, -0.05) is 18.2 Å². The van der Waals surface area contributed by atoms with E-state index in [1.54, 1.807) is 0 Å². The summed E-state index contributed by atoms with van der Waals surface area (Å²) >= 11 is 0. The van der Waals surface area contributed by atoms with Gasteiger partial charge in [-0.2, -0.15) is 0 Å². The van der Waals surface area contributed by atoms with Gasteiger partial charge < -0.3 is 9.84 Å². The smallest absolute Gasteiger partial charge is 0.125 e. The Balaban J connectivity index is 1.76. The van der Waals surface area contributed by atoms with Gasteiger partial charge >= 0.3 is 0 Å². The molecule has 2 nitrogen and oxygen atoms in total. The van der Waals surface area contributed by atoms with Crippen molar-refractivity contribution in [3.63, 3.8) is 0 Å². The van der Waals surface area contributed by atoms with Crippen LogP contribution in [0.15, 0.2) is 24.3 Å². The normalized spacial score (nSPS) is 30.5. The van der Waals surface area contributed by atoms with Crippen molar-refractivity contribution in [2.75, 3.05) is 0 Å². The largest absolute Gasteiger partial charge is 0.486 e. The van der Waals surface area contributed by atoms with Crippen LogP contribution in [0, 0.1) is 11.8 Å². The summed E-state index contributed by atoms with van der Waals surface area (Å²) in [5, 5.41) is 10.4. The fraction of sp³-hybridized carbons (Fsp3) is 0.600. The molecule has 0 unspecified atom stereocenters. The van der Waals surface area contributed by atoms with Gasteiger partial charge in [-0.3, -0.25) is 0 Å². The van der Waals surface area contributed by atoms with Gasteiger partial charge in [0.25, 0.3) is 0 Å². The van der Waals surface area contributed by atoms with Crippen LogP contribution in [0.1, 0.15) is 43.8 Å². The number of ether oxygens (including phenoxy) is 1. The minimum Gasteiger partial charge on any atom is -0.486 e. The van der Waals surface area contributed by atoms with E-state index in [9.17, 15) is 5.11 Å². The van der Waals surface area contributed by atoms with Crippen LogP contribution < -0.4 is 4.74 Å². The average Bonchev–Trinajstić information content (AvgIpc) is 3.18. The first-order valence-electron chi connectivity index (χ1n) is 6.75. The summed E-state index contributed by atoms with van der Waals surface area (Å²) in [6.07, 6.45) is 5.61. The van der Waals surface area contributed by atoms with Crippen LogP contribution in [0.3, 0.4) is 0 Å². The van der Waals surface area contributed by atoms with E-state index < -0.39 is 0 Å². The summed E-state index contributed by atoms with van der Waals surface area (Å²) in [6.45, 7) is 0. The van der Waals surface area contributed by atoms with Crippen LogP contribution in [0.5, 0.6) is 5.75 Å².